The largest absolute Gasteiger partial charge is 0.449 e. The van der Waals surface area contributed by atoms with Gasteiger partial charge in [0.1, 0.15) is 0 Å². The monoisotopic (exact) mass is 387 g/mol. The van der Waals surface area contributed by atoms with Gasteiger partial charge in [-0.3, -0.25) is 4.79 Å². The van der Waals surface area contributed by atoms with E-state index >= 15 is 0 Å². The van der Waals surface area contributed by atoms with Crippen molar-refractivity contribution in [2.24, 2.45) is 0 Å². The summed E-state index contributed by atoms with van der Waals surface area (Å²) in [5.74, 6) is -0.505. The van der Waals surface area contributed by atoms with Gasteiger partial charge < -0.3 is 10.1 Å². The molecule has 0 aliphatic carbocycles. The molecule has 4 nitrogen and oxygen atoms in total. The van der Waals surface area contributed by atoms with Crippen LogP contribution in [-0.2, 0) is 9.53 Å². The lowest BCUT2D eigenvalue weighted by Gasteiger charge is -2.16. The fourth-order valence-electron chi connectivity index (χ4n) is 2.98. The van der Waals surface area contributed by atoms with Crippen LogP contribution < -0.4 is 5.32 Å². The number of rotatable bonds is 6. The van der Waals surface area contributed by atoms with Gasteiger partial charge in [0.25, 0.3) is 5.91 Å². The second-order valence-corrected chi connectivity index (χ2v) is 7.23. The van der Waals surface area contributed by atoms with Gasteiger partial charge in [-0.05, 0) is 42.2 Å². The highest BCUT2D eigenvalue weighted by Gasteiger charge is 2.20. The van der Waals surface area contributed by atoms with Gasteiger partial charge >= 0.3 is 5.97 Å². The van der Waals surface area contributed by atoms with E-state index in [1.807, 2.05) is 66.7 Å². The highest BCUT2D eigenvalue weighted by molar-refractivity contribution is 5.99. The van der Waals surface area contributed by atoms with Crippen LogP contribution in [0.5, 0.6) is 0 Å². The fourth-order valence-corrected chi connectivity index (χ4v) is 2.98. The van der Waals surface area contributed by atoms with Gasteiger partial charge in [-0.15, -0.1) is 0 Å². The summed E-state index contributed by atoms with van der Waals surface area (Å²) in [5.41, 5.74) is 4.15. The molecule has 0 bridgehead atoms. The lowest BCUT2D eigenvalue weighted by Crippen LogP contribution is -2.30. The van der Waals surface area contributed by atoms with Gasteiger partial charge in [0.05, 0.1) is 5.56 Å². The standard InChI is InChI=1S/C25H25NO3/c1-17(2)19-13-15-21(16-14-19)25(28)29-18(3)24(27)26-23-12-8-7-11-22(23)20-9-5-4-6-10-20/h4-18H,1-3H3,(H,26,27)/t18-/m0/s1. The molecule has 0 aliphatic heterocycles. The van der Waals surface area contributed by atoms with E-state index < -0.39 is 12.1 Å². The average Bonchev–Trinajstić information content (AvgIpc) is 2.74. The van der Waals surface area contributed by atoms with Crippen molar-refractivity contribution < 1.29 is 14.3 Å². The molecule has 0 saturated heterocycles. The molecule has 0 fully saturated rings. The summed E-state index contributed by atoms with van der Waals surface area (Å²) >= 11 is 0. The Morgan fingerprint density at radius 1 is 0.793 bits per heavy atom. The maximum Gasteiger partial charge on any atom is 0.338 e. The molecule has 0 aliphatic rings. The molecule has 3 rings (SSSR count). The number of amides is 1. The highest BCUT2D eigenvalue weighted by atomic mass is 16.5. The van der Waals surface area contributed by atoms with Crippen molar-refractivity contribution in [1.82, 2.24) is 0 Å². The third kappa shape index (κ3) is 5.11. The normalized spacial score (nSPS) is 11.7. The number of hydrogen-bond donors (Lipinski definition) is 1. The average molecular weight is 387 g/mol. The Balaban J connectivity index is 1.68. The molecule has 4 heteroatoms. The van der Waals surface area contributed by atoms with E-state index in [9.17, 15) is 9.59 Å². The zero-order valence-electron chi connectivity index (χ0n) is 16.9. The molecule has 1 amide bonds. The summed E-state index contributed by atoms with van der Waals surface area (Å²) in [5, 5.41) is 2.87. The molecule has 3 aromatic rings. The van der Waals surface area contributed by atoms with Crippen LogP contribution in [0.2, 0.25) is 0 Å². The van der Waals surface area contributed by atoms with Crippen molar-refractivity contribution in [3.63, 3.8) is 0 Å². The van der Waals surface area contributed by atoms with Gasteiger partial charge in [0.2, 0.25) is 0 Å². The lowest BCUT2D eigenvalue weighted by atomic mass is 10.0. The lowest BCUT2D eigenvalue weighted by molar-refractivity contribution is -0.123. The van der Waals surface area contributed by atoms with Crippen molar-refractivity contribution in [3.05, 3.63) is 90.0 Å². The highest BCUT2D eigenvalue weighted by Crippen LogP contribution is 2.27. The maximum absolute atomic E-state index is 12.6. The Labute approximate surface area is 171 Å². The summed E-state index contributed by atoms with van der Waals surface area (Å²) in [6.07, 6.45) is -0.920. The molecule has 0 unspecified atom stereocenters. The van der Waals surface area contributed by atoms with Crippen LogP contribution in [0.25, 0.3) is 11.1 Å². The molecular formula is C25H25NO3. The van der Waals surface area contributed by atoms with Gasteiger partial charge in [0.15, 0.2) is 6.10 Å². The quantitative estimate of drug-likeness (QED) is 0.555. The first-order valence-electron chi connectivity index (χ1n) is 9.72. The first kappa shape index (κ1) is 20.3. The van der Waals surface area contributed by atoms with Crippen LogP contribution in [0.15, 0.2) is 78.9 Å². The summed E-state index contributed by atoms with van der Waals surface area (Å²) < 4.78 is 5.37. The fraction of sp³-hybridized carbons (Fsp3) is 0.200. The Morgan fingerprint density at radius 3 is 2.07 bits per heavy atom. The van der Waals surface area contributed by atoms with Crippen LogP contribution in [0, 0.1) is 0 Å². The van der Waals surface area contributed by atoms with Crippen LogP contribution in [-0.4, -0.2) is 18.0 Å². The van der Waals surface area contributed by atoms with E-state index in [1.54, 1.807) is 19.1 Å². The smallest absolute Gasteiger partial charge is 0.338 e. The van der Waals surface area contributed by atoms with Crippen molar-refractivity contribution in [2.45, 2.75) is 32.8 Å². The summed E-state index contributed by atoms with van der Waals surface area (Å²) in [6.45, 7) is 5.75. The Kier molecular flexibility index (Phi) is 6.45. The molecule has 148 valence electrons. The van der Waals surface area contributed by atoms with Gasteiger partial charge in [0, 0.05) is 11.3 Å². The van der Waals surface area contributed by atoms with Crippen LogP contribution in [0.4, 0.5) is 5.69 Å². The number of carbonyl (C=O) groups is 2. The molecule has 0 spiro atoms. The molecule has 0 radical (unpaired) electrons. The predicted molar refractivity (Wildman–Crippen MR) is 116 cm³/mol. The van der Waals surface area contributed by atoms with E-state index in [1.165, 1.54) is 0 Å². The molecule has 0 heterocycles. The number of anilines is 1. The Bertz CT molecular complexity index is 978. The van der Waals surface area contributed by atoms with Crippen molar-refractivity contribution in [3.8, 4) is 11.1 Å². The first-order valence-corrected chi connectivity index (χ1v) is 9.72. The number of hydrogen-bond acceptors (Lipinski definition) is 3. The number of ether oxygens (including phenoxy) is 1. The van der Waals surface area contributed by atoms with Gasteiger partial charge in [-0.25, -0.2) is 4.79 Å². The van der Waals surface area contributed by atoms with E-state index in [0.29, 0.717) is 17.2 Å². The third-order valence-electron chi connectivity index (χ3n) is 4.74. The first-order chi connectivity index (χ1) is 14.0. The molecule has 0 saturated carbocycles. The van der Waals surface area contributed by atoms with E-state index in [2.05, 4.69) is 19.2 Å². The zero-order chi connectivity index (χ0) is 20.8. The van der Waals surface area contributed by atoms with E-state index in [-0.39, 0.29) is 5.91 Å². The summed E-state index contributed by atoms with van der Waals surface area (Å²) in [4.78, 5) is 25.0. The zero-order valence-corrected chi connectivity index (χ0v) is 16.9. The number of carbonyl (C=O) groups excluding carboxylic acids is 2. The second kappa shape index (κ2) is 9.20. The number of para-hydroxylation sites is 1. The molecule has 3 aromatic carbocycles. The number of nitrogens with one attached hydrogen (secondary N) is 1. The van der Waals surface area contributed by atoms with Crippen LogP contribution in [0.1, 0.15) is 42.6 Å². The minimum absolute atomic E-state index is 0.375. The number of esters is 1. The van der Waals surface area contributed by atoms with Crippen LogP contribution >= 0.6 is 0 Å². The van der Waals surface area contributed by atoms with Crippen LogP contribution in [0.3, 0.4) is 0 Å². The Hall–Kier alpha value is -3.40. The topological polar surface area (TPSA) is 55.4 Å². The Morgan fingerprint density at radius 2 is 1.41 bits per heavy atom. The van der Waals surface area contributed by atoms with Gasteiger partial charge in [-0.2, -0.15) is 0 Å². The molecule has 0 aromatic heterocycles. The van der Waals surface area contributed by atoms with E-state index in [4.69, 9.17) is 4.74 Å². The summed E-state index contributed by atoms with van der Waals surface area (Å²) in [7, 11) is 0. The van der Waals surface area contributed by atoms with Crippen molar-refractivity contribution >= 4 is 17.6 Å². The predicted octanol–water partition coefficient (Wildman–Crippen LogP) is 5.66. The second-order valence-electron chi connectivity index (χ2n) is 7.23. The molecule has 1 N–H and O–H groups in total. The van der Waals surface area contributed by atoms with Crippen molar-refractivity contribution in [2.75, 3.05) is 5.32 Å². The molecule has 29 heavy (non-hydrogen) atoms. The molecule has 1 atom stereocenters. The third-order valence-corrected chi connectivity index (χ3v) is 4.74. The SMILES string of the molecule is CC(C)c1ccc(C(=O)O[C@@H](C)C(=O)Nc2ccccc2-c2ccccc2)cc1. The minimum atomic E-state index is -0.920. The number of benzene rings is 3. The molecular weight excluding hydrogens is 362 g/mol. The maximum atomic E-state index is 12.6. The van der Waals surface area contributed by atoms with E-state index in [0.717, 1.165) is 16.7 Å². The van der Waals surface area contributed by atoms with Crippen molar-refractivity contribution in [1.29, 1.82) is 0 Å². The summed E-state index contributed by atoms with van der Waals surface area (Å²) in [6, 6.07) is 24.6. The van der Waals surface area contributed by atoms with Gasteiger partial charge in [-0.1, -0.05) is 74.5 Å². The minimum Gasteiger partial charge on any atom is -0.449 e.